The summed E-state index contributed by atoms with van der Waals surface area (Å²) in [6.45, 7) is 5.05. The van der Waals surface area contributed by atoms with Gasteiger partial charge in [-0.05, 0) is 50.3 Å². The lowest BCUT2D eigenvalue weighted by Gasteiger charge is -2.69. The van der Waals surface area contributed by atoms with E-state index in [4.69, 9.17) is 18.9 Å². The number of nitrogens with one attached hydrogen (secondary N) is 1. The number of benzene rings is 1. The highest BCUT2D eigenvalue weighted by molar-refractivity contribution is 6.00. The Hall–Kier alpha value is -2.04. The summed E-state index contributed by atoms with van der Waals surface area (Å²) >= 11 is 0. The highest BCUT2D eigenvalue weighted by atomic mass is 16.6. The zero-order valence-electron chi connectivity index (χ0n) is 24.8. The summed E-state index contributed by atoms with van der Waals surface area (Å²) in [5.41, 5.74) is -1.08. The van der Waals surface area contributed by atoms with E-state index in [0.29, 0.717) is 30.6 Å². The third kappa shape index (κ3) is 3.41. The molecule has 224 valence electrons. The Morgan fingerprint density at radius 2 is 1.88 bits per heavy atom. The lowest BCUT2D eigenvalue weighted by molar-refractivity contribution is -0.284. The Kier molecular flexibility index (Phi) is 6.42. The quantitative estimate of drug-likeness (QED) is 0.484. The number of rotatable bonds is 7. The van der Waals surface area contributed by atoms with Gasteiger partial charge in [0.2, 0.25) is 5.91 Å². The summed E-state index contributed by atoms with van der Waals surface area (Å²) < 4.78 is 25.4. The van der Waals surface area contributed by atoms with Crippen molar-refractivity contribution in [1.29, 1.82) is 0 Å². The van der Waals surface area contributed by atoms with Crippen molar-refractivity contribution in [2.75, 3.05) is 39.7 Å². The summed E-state index contributed by atoms with van der Waals surface area (Å²) in [7, 11) is 5.37. The molecule has 6 aliphatic rings. The molecular weight excluding hydrogens is 524 g/mol. The third-order valence-electron chi connectivity index (χ3n) is 12.5. The monoisotopic (exact) mass is 568 g/mol. The van der Waals surface area contributed by atoms with Crippen molar-refractivity contribution < 1.29 is 33.6 Å². The number of esters is 1. The summed E-state index contributed by atoms with van der Waals surface area (Å²) in [6, 6.07) is 7.20. The number of ether oxygens (including phenoxy) is 4. The molecule has 5 saturated carbocycles. The fourth-order valence-electron chi connectivity index (χ4n) is 11.6. The molecule has 5 aliphatic carbocycles. The van der Waals surface area contributed by atoms with Crippen molar-refractivity contribution in [2.24, 2.45) is 35.0 Å². The van der Waals surface area contributed by atoms with Crippen LogP contribution in [0.5, 0.6) is 0 Å². The number of nitrogens with zero attached hydrogens (tertiary/aromatic N) is 1. The lowest BCUT2D eigenvalue weighted by atomic mass is 9.45. The fourth-order valence-corrected chi connectivity index (χ4v) is 11.6. The molecule has 0 radical (unpaired) electrons. The number of carbonyl (C=O) groups is 2. The van der Waals surface area contributed by atoms with Crippen molar-refractivity contribution in [3.63, 3.8) is 0 Å². The minimum Gasteiger partial charge on any atom is -0.454 e. The number of anilines is 1. The minimum atomic E-state index is -0.921. The van der Waals surface area contributed by atoms with Crippen molar-refractivity contribution in [3.8, 4) is 0 Å². The van der Waals surface area contributed by atoms with E-state index in [2.05, 4.69) is 17.1 Å². The number of para-hydroxylation sites is 1. The Balaban J connectivity index is 1.35. The van der Waals surface area contributed by atoms with Crippen molar-refractivity contribution >= 4 is 17.6 Å². The molecule has 9 nitrogen and oxygen atoms in total. The van der Waals surface area contributed by atoms with Crippen LogP contribution in [0.15, 0.2) is 24.3 Å². The number of amides is 1. The van der Waals surface area contributed by atoms with Gasteiger partial charge in [0.15, 0.2) is 0 Å². The first-order chi connectivity index (χ1) is 19.7. The number of likely N-dealkylation sites (tertiary alicyclic amines) is 1. The lowest BCUT2D eigenvalue weighted by Crippen LogP contribution is -2.78. The normalized spacial score (nSPS) is 47.2. The van der Waals surface area contributed by atoms with Gasteiger partial charge in [-0.25, -0.2) is 4.79 Å². The van der Waals surface area contributed by atoms with E-state index in [-0.39, 0.29) is 65.3 Å². The second-order valence-corrected chi connectivity index (χ2v) is 13.5. The highest BCUT2D eigenvalue weighted by Gasteiger charge is 2.84. The van der Waals surface area contributed by atoms with E-state index in [9.17, 15) is 14.7 Å². The van der Waals surface area contributed by atoms with Crippen molar-refractivity contribution in [1.82, 2.24) is 4.90 Å². The van der Waals surface area contributed by atoms with Gasteiger partial charge in [0.1, 0.15) is 5.60 Å². The van der Waals surface area contributed by atoms with Gasteiger partial charge in [-0.3, -0.25) is 9.69 Å². The second kappa shape index (κ2) is 9.48. The van der Waals surface area contributed by atoms with Gasteiger partial charge in [0.25, 0.3) is 0 Å². The molecule has 2 N–H and O–H groups in total. The topological polar surface area (TPSA) is 107 Å². The van der Waals surface area contributed by atoms with Crippen LogP contribution in [0, 0.1) is 35.0 Å². The molecule has 1 spiro atoms. The molecule has 7 rings (SSSR count). The molecule has 9 heteroatoms. The molecule has 0 unspecified atom stereocenters. The number of fused-ring (bicyclic) bond motifs is 2. The summed E-state index contributed by atoms with van der Waals surface area (Å²) in [5.74, 6) is -0.203. The Morgan fingerprint density at radius 1 is 1.10 bits per heavy atom. The third-order valence-corrected chi connectivity index (χ3v) is 12.5. The van der Waals surface area contributed by atoms with Gasteiger partial charge in [0.05, 0.1) is 35.2 Å². The largest absolute Gasteiger partial charge is 0.454 e. The summed E-state index contributed by atoms with van der Waals surface area (Å²) in [5, 5.41) is 15.6. The zero-order valence-corrected chi connectivity index (χ0v) is 24.8. The van der Waals surface area contributed by atoms with Crippen LogP contribution in [-0.2, 0) is 23.7 Å². The van der Waals surface area contributed by atoms with Gasteiger partial charge in [-0.15, -0.1) is 0 Å². The molecule has 1 heterocycles. The first-order valence-electron chi connectivity index (χ1n) is 15.3. The van der Waals surface area contributed by atoms with E-state index in [0.717, 1.165) is 25.8 Å². The number of hydrogen-bond donors (Lipinski definition) is 2. The number of methoxy groups -OCH3 is 3. The van der Waals surface area contributed by atoms with E-state index in [1.807, 2.05) is 7.11 Å². The summed E-state index contributed by atoms with van der Waals surface area (Å²) in [6.07, 6.45) is 3.70. The molecule has 41 heavy (non-hydrogen) atoms. The number of aliphatic hydroxyl groups is 1. The van der Waals surface area contributed by atoms with E-state index in [1.54, 1.807) is 38.5 Å². The Labute approximate surface area is 242 Å². The van der Waals surface area contributed by atoms with Crippen LogP contribution in [0.4, 0.5) is 5.69 Å². The van der Waals surface area contributed by atoms with Crippen LogP contribution in [0.25, 0.3) is 0 Å². The number of piperidine rings is 1. The zero-order chi connectivity index (χ0) is 28.9. The number of likely N-dealkylation sites (N-methyl/N-ethyl adjacent to an activating group) is 1. The molecule has 6 fully saturated rings. The maximum Gasteiger partial charge on any atom is 0.340 e. The van der Waals surface area contributed by atoms with Gasteiger partial charge in [-0.2, -0.15) is 0 Å². The fraction of sp³-hybridized carbons (Fsp3) is 0.750. The number of carbonyl (C=O) groups excluding carboxylic acids is 2. The minimum absolute atomic E-state index is 0.00254. The highest BCUT2D eigenvalue weighted by Crippen LogP contribution is 2.78. The first-order valence-corrected chi connectivity index (χ1v) is 15.3. The van der Waals surface area contributed by atoms with E-state index in [1.165, 1.54) is 6.92 Å². The van der Waals surface area contributed by atoms with Gasteiger partial charge in [0, 0.05) is 76.3 Å². The molecule has 0 aromatic heterocycles. The van der Waals surface area contributed by atoms with E-state index < -0.39 is 17.2 Å². The molecule has 1 aliphatic heterocycles. The molecular formula is C32H44N2O7. The van der Waals surface area contributed by atoms with Crippen LogP contribution >= 0.6 is 0 Å². The number of hydrogen-bond acceptors (Lipinski definition) is 8. The smallest absolute Gasteiger partial charge is 0.340 e. The first kappa shape index (κ1) is 27.8. The van der Waals surface area contributed by atoms with E-state index >= 15 is 0 Å². The maximum atomic E-state index is 14.0. The molecule has 7 bridgehead atoms. The van der Waals surface area contributed by atoms with Crippen LogP contribution in [0.3, 0.4) is 0 Å². The summed E-state index contributed by atoms with van der Waals surface area (Å²) in [4.78, 5) is 28.4. The SMILES string of the molecule is CCN1C[C@]2(OC(=O)c3ccccc3NC(C)=O)CC[C@H](OC)[C@@]34[C@@H]5C[C@H]6[C@H](OC)[C@@H]5[C@](O)(C[C@@H]6OC)[C@@H](C[C@H]23)[C@@H]14. The van der Waals surface area contributed by atoms with Crippen molar-refractivity contribution in [3.05, 3.63) is 29.8 Å². The second-order valence-electron chi connectivity index (χ2n) is 13.5. The predicted molar refractivity (Wildman–Crippen MR) is 150 cm³/mol. The molecule has 1 saturated heterocycles. The standard InChI is InChI=1S/C32H44N2O7/c1-6-34-16-30(41-29(36)18-9-7-8-10-22(18)33-17(2)35)12-11-25(39-4)32-20-13-19-23(38-3)15-31(37,26(20)27(19)40-5)21(28(32)34)14-24(30)32/h7-10,19-21,23-28,37H,6,11-16H2,1-5H3,(H,33,35)/t19-,20-,21+,23+,24-,25+,26-,27+,28-,30-,31+,32-/m1/s1. The average Bonchev–Trinajstić information content (AvgIpc) is 3.43. The molecule has 1 aromatic carbocycles. The molecule has 12 atom stereocenters. The predicted octanol–water partition coefficient (Wildman–Crippen LogP) is 3.11. The van der Waals surface area contributed by atoms with Gasteiger partial charge < -0.3 is 29.4 Å². The van der Waals surface area contributed by atoms with Crippen LogP contribution in [0.2, 0.25) is 0 Å². The molecule has 1 aromatic rings. The maximum absolute atomic E-state index is 14.0. The Bertz CT molecular complexity index is 1240. The Morgan fingerprint density at radius 3 is 2.56 bits per heavy atom. The van der Waals surface area contributed by atoms with Crippen molar-refractivity contribution in [2.45, 2.75) is 81.5 Å². The van der Waals surface area contributed by atoms with Gasteiger partial charge >= 0.3 is 5.97 Å². The van der Waals surface area contributed by atoms with Gasteiger partial charge in [-0.1, -0.05) is 19.1 Å². The molecule has 1 amide bonds. The van der Waals surface area contributed by atoms with Crippen LogP contribution < -0.4 is 5.32 Å². The van der Waals surface area contributed by atoms with Crippen LogP contribution in [0.1, 0.15) is 56.3 Å². The van der Waals surface area contributed by atoms with Crippen LogP contribution in [-0.4, -0.2) is 91.9 Å². The average molecular weight is 569 g/mol.